The van der Waals surface area contributed by atoms with E-state index < -0.39 is 18.4 Å². The van der Waals surface area contributed by atoms with Crippen molar-refractivity contribution in [1.29, 1.82) is 0 Å². The molecule has 0 amide bonds. The van der Waals surface area contributed by atoms with Crippen LogP contribution in [0.1, 0.15) is 49.8 Å². The molecule has 0 N–H and O–H groups in total. The molecule has 0 aliphatic heterocycles. The van der Waals surface area contributed by atoms with Crippen LogP contribution in [0.25, 0.3) is 0 Å². The van der Waals surface area contributed by atoms with Gasteiger partial charge in [-0.15, -0.1) is 0 Å². The van der Waals surface area contributed by atoms with Crippen molar-refractivity contribution in [2.75, 3.05) is 7.11 Å². The highest BCUT2D eigenvalue weighted by Gasteiger charge is 2.30. The minimum atomic E-state index is -0.625. The molecule has 0 fully saturated rings. The largest absolute Gasteiger partial charge is 0.469 e. The summed E-state index contributed by atoms with van der Waals surface area (Å²) in [6.45, 7) is 6.46. The average Bonchev–Trinajstić information content (AvgIpc) is 2.65. The van der Waals surface area contributed by atoms with Crippen LogP contribution in [0.4, 0.5) is 0 Å². The molecule has 4 heteroatoms. The second kappa shape index (κ2) is 8.65. The van der Waals surface area contributed by atoms with Gasteiger partial charge in [-0.2, -0.15) is 0 Å². The standard InChI is InChI=1S/C22H26O4/c1-5-22(6-2,17-9-7-16(3)8-10-17)18-11-13-19(14-12-18)26-21(24)15-20(23)25-4/h7-14H,5-6,15H2,1-4H3. The molecule has 26 heavy (non-hydrogen) atoms. The lowest BCUT2D eigenvalue weighted by Gasteiger charge is -2.33. The van der Waals surface area contributed by atoms with E-state index in [9.17, 15) is 9.59 Å². The van der Waals surface area contributed by atoms with Gasteiger partial charge in [0.2, 0.25) is 0 Å². The summed E-state index contributed by atoms with van der Waals surface area (Å²) < 4.78 is 9.67. The topological polar surface area (TPSA) is 52.6 Å². The van der Waals surface area contributed by atoms with E-state index in [1.165, 1.54) is 23.8 Å². The minimum absolute atomic E-state index is 0.0811. The Bertz CT molecular complexity index is 741. The summed E-state index contributed by atoms with van der Waals surface area (Å²) in [5.41, 5.74) is 3.62. The van der Waals surface area contributed by atoms with Crippen molar-refractivity contribution in [3.05, 3.63) is 65.2 Å². The molecule has 0 aliphatic carbocycles. The normalized spacial score (nSPS) is 11.1. The molecule has 0 heterocycles. The Balaban J connectivity index is 2.24. The SMILES string of the molecule is CCC(CC)(c1ccc(C)cc1)c1ccc(OC(=O)CC(=O)OC)cc1. The van der Waals surface area contributed by atoms with Crippen LogP contribution < -0.4 is 4.74 Å². The Morgan fingerprint density at radius 2 is 1.35 bits per heavy atom. The maximum absolute atomic E-state index is 11.7. The van der Waals surface area contributed by atoms with Gasteiger partial charge in [0.15, 0.2) is 0 Å². The third kappa shape index (κ3) is 4.31. The molecule has 0 aromatic heterocycles. The maximum atomic E-state index is 11.7. The minimum Gasteiger partial charge on any atom is -0.469 e. The van der Waals surface area contributed by atoms with Gasteiger partial charge < -0.3 is 9.47 Å². The molecule has 138 valence electrons. The Hall–Kier alpha value is -2.62. The highest BCUT2D eigenvalue weighted by Crippen LogP contribution is 2.39. The molecule has 2 aromatic carbocycles. The quantitative estimate of drug-likeness (QED) is 0.415. The zero-order chi connectivity index (χ0) is 19.2. The van der Waals surface area contributed by atoms with Gasteiger partial charge in [-0.1, -0.05) is 55.8 Å². The zero-order valence-electron chi connectivity index (χ0n) is 15.9. The third-order valence-corrected chi connectivity index (χ3v) is 4.97. The Labute approximate surface area is 155 Å². The van der Waals surface area contributed by atoms with Crippen molar-refractivity contribution in [2.45, 2.75) is 45.4 Å². The second-order valence-electron chi connectivity index (χ2n) is 6.41. The fourth-order valence-electron chi connectivity index (χ4n) is 3.31. The molecule has 0 unspecified atom stereocenters. The fourth-order valence-corrected chi connectivity index (χ4v) is 3.31. The highest BCUT2D eigenvalue weighted by molar-refractivity contribution is 5.92. The predicted molar refractivity (Wildman–Crippen MR) is 101 cm³/mol. The van der Waals surface area contributed by atoms with E-state index in [2.05, 4.69) is 49.8 Å². The molecular formula is C22H26O4. The summed E-state index contributed by atoms with van der Waals surface area (Å²) in [4.78, 5) is 22.8. The summed E-state index contributed by atoms with van der Waals surface area (Å²) in [6, 6.07) is 16.2. The number of carbonyl (C=O) groups excluding carboxylic acids is 2. The Morgan fingerprint density at radius 1 is 0.846 bits per heavy atom. The Kier molecular flexibility index (Phi) is 6.56. The van der Waals surface area contributed by atoms with Crippen molar-refractivity contribution in [3.8, 4) is 5.75 Å². The fraction of sp³-hybridized carbons (Fsp3) is 0.364. The van der Waals surface area contributed by atoms with E-state index >= 15 is 0 Å². The van der Waals surface area contributed by atoms with Crippen LogP contribution in [0.3, 0.4) is 0 Å². The van der Waals surface area contributed by atoms with E-state index in [-0.39, 0.29) is 5.41 Å². The summed E-state index contributed by atoms with van der Waals surface area (Å²) in [6.07, 6.45) is 1.54. The van der Waals surface area contributed by atoms with Gasteiger partial charge in [0.05, 0.1) is 7.11 Å². The summed E-state index contributed by atoms with van der Waals surface area (Å²) in [5, 5.41) is 0. The average molecular weight is 354 g/mol. The second-order valence-corrected chi connectivity index (χ2v) is 6.41. The monoisotopic (exact) mass is 354 g/mol. The van der Waals surface area contributed by atoms with Gasteiger partial charge in [-0.05, 0) is 43.0 Å². The van der Waals surface area contributed by atoms with Crippen LogP contribution in [-0.2, 0) is 19.7 Å². The van der Waals surface area contributed by atoms with Crippen LogP contribution >= 0.6 is 0 Å². The van der Waals surface area contributed by atoms with Gasteiger partial charge in [-0.25, -0.2) is 0 Å². The zero-order valence-corrected chi connectivity index (χ0v) is 15.9. The maximum Gasteiger partial charge on any atom is 0.322 e. The van der Waals surface area contributed by atoms with Crippen LogP contribution in [0.2, 0.25) is 0 Å². The number of carbonyl (C=O) groups is 2. The van der Waals surface area contributed by atoms with Crippen molar-refractivity contribution in [2.24, 2.45) is 0 Å². The van der Waals surface area contributed by atoms with E-state index in [1.807, 2.05) is 12.1 Å². The first kappa shape index (κ1) is 19.7. The summed E-state index contributed by atoms with van der Waals surface area (Å²) in [7, 11) is 1.24. The number of methoxy groups -OCH3 is 1. The van der Waals surface area contributed by atoms with Crippen molar-refractivity contribution in [1.82, 2.24) is 0 Å². The first-order chi connectivity index (χ1) is 12.4. The molecule has 0 bridgehead atoms. The van der Waals surface area contributed by atoms with Crippen molar-refractivity contribution < 1.29 is 19.1 Å². The molecular weight excluding hydrogens is 328 g/mol. The summed E-state index contributed by atoms with van der Waals surface area (Å²) in [5.74, 6) is -0.810. The molecule has 2 aromatic rings. The van der Waals surface area contributed by atoms with Crippen molar-refractivity contribution in [3.63, 3.8) is 0 Å². The van der Waals surface area contributed by atoms with Crippen molar-refractivity contribution >= 4 is 11.9 Å². The van der Waals surface area contributed by atoms with E-state index in [0.717, 1.165) is 12.8 Å². The lowest BCUT2D eigenvalue weighted by atomic mass is 9.70. The van der Waals surface area contributed by atoms with E-state index in [4.69, 9.17) is 4.74 Å². The van der Waals surface area contributed by atoms with Gasteiger partial charge in [0.25, 0.3) is 0 Å². The van der Waals surface area contributed by atoms with Gasteiger partial charge in [0, 0.05) is 5.41 Å². The van der Waals surface area contributed by atoms with Gasteiger partial charge in [0.1, 0.15) is 12.2 Å². The van der Waals surface area contributed by atoms with Crippen LogP contribution in [0.5, 0.6) is 5.75 Å². The van der Waals surface area contributed by atoms with Gasteiger partial charge >= 0.3 is 11.9 Å². The third-order valence-electron chi connectivity index (χ3n) is 4.97. The molecule has 0 saturated heterocycles. The number of esters is 2. The lowest BCUT2D eigenvalue weighted by Crippen LogP contribution is -2.26. The molecule has 2 rings (SSSR count). The predicted octanol–water partition coefficient (Wildman–Crippen LogP) is 4.57. The first-order valence-corrected chi connectivity index (χ1v) is 8.90. The number of hydrogen-bond donors (Lipinski definition) is 0. The summed E-state index contributed by atoms with van der Waals surface area (Å²) >= 11 is 0. The molecule has 0 radical (unpaired) electrons. The number of ether oxygens (including phenoxy) is 2. The van der Waals surface area contributed by atoms with Crippen LogP contribution in [0.15, 0.2) is 48.5 Å². The Morgan fingerprint density at radius 3 is 1.81 bits per heavy atom. The van der Waals surface area contributed by atoms with E-state index in [1.54, 1.807) is 12.1 Å². The molecule has 4 nitrogen and oxygen atoms in total. The number of rotatable bonds is 7. The lowest BCUT2D eigenvalue weighted by molar-refractivity contribution is -0.148. The smallest absolute Gasteiger partial charge is 0.322 e. The van der Waals surface area contributed by atoms with E-state index in [0.29, 0.717) is 5.75 Å². The molecule has 0 atom stereocenters. The number of aryl methyl sites for hydroxylation is 1. The first-order valence-electron chi connectivity index (χ1n) is 8.90. The number of benzene rings is 2. The number of hydrogen-bond acceptors (Lipinski definition) is 4. The van der Waals surface area contributed by atoms with Gasteiger partial charge in [-0.3, -0.25) is 9.59 Å². The highest BCUT2D eigenvalue weighted by atomic mass is 16.5. The molecule has 0 spiro atoms. The molecule has 0 saturated carbocycles. The van der Waals surface area contributed by atoms with Crippen LogP contribution in [0, 0.1) is 6.92 Å². The molecule has 0 aliphatic rings. The van der Waals surface area contributed by atoms with Crippen LogP contribution in [-0.4, -0.2) is 19.0 Å².